The number of nitrogens with one attached hydrogen (secondary N) is 2. The first-order valence-electron chi connectivity index (χ1n) is 9.85. The summed E-state index contributed by atoms with van der Waals surface area (Å²) in [6.07, 6.45) is 0.657. The molecule has 2 aromatic rings. The molecule has 0 aliphatic carbocycles. The largest absolute Gasteiger partial charge is 0.496 e. The third kappa shape index (κ3) is 6.78. The van der Waals surface area contributed by atoms with Crippen LogP contribution in [0.25, 0.3) is 0 Å². The van der Waals surface area contributed by atoms with E-state index < -0.39 is 9.84 Å². The van der Waals surface area contributed by atoms with Crippen LogP contribution in [0, 0.1) is 6.92 Å². The van der Waals surface area contributed by atoms with Crippen molar-refractivity contribution in [3.8, 4) is 5.75 Å². The van der Waals surface area contributed by atoms with Crippen LogP contribution < -0.4 is 15.4 Å². The number of hydrogen-bond donors (Lipinski definition) is 2. The highest BCUT2D eigenvalue weighted by Crippen LogP contribution is 2.20. The summed E-state index contributed by atoms with van der Waals surface area (Å²) in [5.41, 5.74) is 2.09. The topological polar surface area (TPSA) is 79.8 Å². The Hall–Kier alpha value is -2.54. The van der Waals surface area contributed by atoms with E-state index in [1.807, 2.05) is 45.0 Å². The fourth-order valence-electron chi connectivity index (χ4n) is 2.91. The van der Waals surface area contributed by atoms with E-state index in [0.717, 1.165) is 16.9 Å². The quantitative estimate of drug-likeness (QED) is 0.483. The van der Waals surface area contributed by atoms with Crippen molar-refractivity contribution in [2.24, 2.45) is 4.99 Å². The molecular weight excluding hydrogens is 386 g/mol. The van der Waals surface area contributed by atoms with Crippen LogP contribution in [-0.2, 0) is 16.4 Å². The van der Waals surface area contributed by atoms with Crippen molar-refractivity contribution in [2.75, 3.05) is 19.4 Å². The standard InChI is InChI=1S/C22H31N3O3S/c1-5-19(16-29(26,27)20-10-8-7-9-11-20)25-22(23-6-2)24-15-18-13-12-17(3)14-21(18)28-4/h7-14,19H,5-6,15-16H2,1-4H3,(H2,23,24,25). The van der Waals surface area contributed by atoms with Gasteiger partial charge < -0.3 is 15.4 Å². The zero-order valence-corrected chi connectivity index (χ0v) is 18.4. The highest BCUT2D eigenvalue weighted by atomic mass is 32.2. The first kappa shape index (κ1) is 22.7. The second-order valence-corrected chi connectivity index (χ2v) is 8.89. The van der Waals surface area contributed by atoms with Crippen molar-refractivity contribution in [1.82, 2.24) is 10.6 Å². The average molecular weight is 418 g/mol. The summed E-state index contributed by atoms with van der Waals surface area (Å²) >= 11 is 0. The monoisotopic (exact) mass is 417 g/mol. The van der Waals surface area contributed by atoms with Gasteiger partial charge in [-0.3, -0.25) is 0 Å². The molecule has 7 heteroatoms. The van der Waals surface area contributed by atoms with Gasteiger partial charge in [0.15, 0.2) is 15.8 Å². The van der Waals surface area contributed by atoms with Crippen molar-refractivity contribution in [1.29, 1.82) is 0 Å². The van der Waals surface area contributed by atoms with Crippen LogP contribution in [0.3, 0.4) is 0 Å². The number of ether oxygens (including phenoxy) is 1. The number of sulfone groups is 1. The lowest BCUT2D eigenvalue weighted by atomic mass is 10.1. The minimum Gasteiger partial charge on any atom is -0.496 e. The van der Waals surface area contributed by atoms with Crippen LogP contribution in [-0.4, -0.2) is 39.8 Å². The molecule has 2 aromatic carbocycles. The molecule has 0 radical (unpaired) electrons. The summed E-state index contributed by atoms with van der Waals surface area (Å²) in [6, 6.07) is 14.3. The summed E-state index contributed by atoms with van der Waals surface area (Å²) in [5.74, 6) is 1.39. The summed E-state index contributed by atoms with van der Waals surface area (Å²) < 4.78 is 30.9. The van der Waals surface area contributed by atoms with Crippen LogP contribution in [0.15, 0.2) is 58.4 Å². The van der Waals surface area contributed by atoms with E-state index in [-0.39, 0.29) is 11.8 Å². The molecule has 6 nitrogen and oxygen atoms in total. The lowest BCUT2D eigenvalue weighted by molar-refractivity contribution is 0.409. The smallest absolute Gasteiger partial charge is 0.191 e. The second kappa shape index (κ2) is 10.9. The van der Waals surface area contributed by atoms with Gasteiger partial charge in [-0.05, 0) is 44.0 Å². The van der Waals surface area contributed by atoms with Crippen molar-refractivity contribution < 1.29 is 13.2 Å². The van der Waals surface area contributed by atoms with E-state index in [9.17, 15) is 8.42 Å². The van der Waals surface area contributed by atoms with E-state index in [0.29, 0.717) is 30.4 Å². The molecule has 0 saturated heterocycles. The summed E-state index contributed by atoms with van der Waals surface area (Å²) in [6.45, 7) is 7.07. The van der Waals surface area contributed by atoms with Gasteiger partial charge >= 0.3 is 0 Å². The summed E-state index contributed by atoms with van der Waals surface area (Å²) in [7, 11) is -1.73. The van der Waals surface area contributed by atoms with Crippen molar-refractivity contribution in [3.63, 3.8) is 0 Å². The minimum atomic E-state index is -3.38. The Morgan fingerprint density at radius 2 is 1.86 bits per heavy atom. The van der Waals surface area contributed by atoms with E-state index >= 15 is 0 Å². The highest BCUT2D eigenvalue weighted by Gasteiger charge is 2.21. The minimum absolute atomic E-state index is 0.00573. The second-order valence-electron chi connectivity index (χ2n) is 6.85. The van der Waals surface area contributed by atoms with Gasteiger partial charge in [-0.25, -0.2) is 13.4 Å². The molecule has 0 heterocycles. The molecule has 0 amide bonds. The molecule has 0 aromatic heterocycles. The van der Waals surface area contributed by atoms with Crippen LogP contribution in [0.5, 0.6) is 5.75 Å². The third-order valence-corrected chi connectivity index (χ3v) is 6.38. The van der Waals surface area contributed by atoms with Gasteiger partial charge in [0.05, 0.1) is 24.3 Å². The Bertz CT molecular complexity index is 912. The molecule has 0 bridgehead atoms. The van der Waals surface area contributed by atoms with Crippen molar-refractivity contribution >= 4 is 15.8 Å². The fourth-order valence-corrected chi connectivity index (χ4v) is 4.52. The number of aliphatic imine (C=N–C) groups is 1. The fraction of sp³-hybridized carbons (Fsp3) is 0.409. The molecular formula is C22H31N3O3S. The van der Waals surface area contributed by atoms with Crippen molar-refractivity contribution in [2.45, 2.75) is 44.7 Å². The van der Waals surface area contributed by atoms with E-state index in [2.05, 4.69) is 15.6 Å². The number of benzene rings is 2. The van der Waals surface area contributed by atoms with Crippen LogP contribution in [0.4, 0.5) is 0 Å². The number of hydrogen-bond acceptors (Lipinski definition) is 4. The molecule has 0 aliphatic rings. The maximum absolute atomic E-state index is 12.7. The Labute approximate surface area is 174 Å². The van der Waals surface area contributed by atoms with Gasteiger partial charge in [0.1, 0.15) is 5.75 Å². The van der Waals surface area contributed by atoms with Gasteiger partial charge in [-0.15, -0.1) is 0 Å². The maximum Gasteiger partial charge on any atom is 0.191 e. The first-order valence-corrected chi connectivity index (χ1v) is 11.5. The summed E-state index contributed by atoms with van der Waals surface area (Å²) in [4.78, 5) is 4.97. The van der Waals surface area contributed by atoms with Crippen molar-refractivity contribution in [3.05, 3.63) is 59.7 Å². The van der Waals surface area contributed by atoms with Gasteiger partial charge in [0.25, 0.3) is 0 Å². The average Bonchev–Trinajstić information content (AvgIpc) is 2.72. The van der Waals surface area contributed by atoms with E-state index in [1.165, 1.54) is 0 Å². The van der Waals surface area contributed by atoms with E-state index in [1.54, 1.807) is 31.4 Å². The number of aryl methyl sites for hydroxylation is 1. The highest BCUT2D eigenvalue weighted by molar-refractivity contribution is 7.91. The zero-order valence-electron chi connectivity index (χ0n) is 17.6. The zero-order chi connectivity index (χ0) is 21.3. The number of rotatable bonds is 9. The predicted molar refractivity (Wildman–Crippen MR) is 118 cm³/mol. The third-order valence-electron chi connectivity index (χ3n) is 4.55. The molecule has 0 spiro atoms. The number of nitrogens with zero attached hydrogens (tertiary/aromatic N) is 1. The molecule has 158 valence electrons. The Morgan fingerprint density at radius 3 is 2.48 bits per heavy atom. The molecule has 1 atom stereocenters. The van der Waals surface area contributed by atoms with E-state index in [4.69, 9.17) is 4.74 Å². The molecule has 0 fully saturated rings. The van der Waals surface area contributed by atoms with Gasteiger partial charge in [-0.1, -0.05) is 37.3 Å². The lowest BCUT2D eigenvalue weighted by Crippen LogP contribution is -2.46. The van der Waals surface area contributed by atoms with Crippen LogP contribution in [0.2, 0.25) is 0 Å². The van der Waals surface area contributed by atoms with Gasteiger partial charge in [0.2, 0.25) is 0 Å². The lowest BCUT2D eigenvalue weighted by Gasteiger charge is -2.20. The molecule has 0 aliphatic heterocycles. The Morgan fingerprint density at radius 1 is 1.14 bits per heavy atom. The Balaban J connectivity index is 2.14. The molecule has 0 saturated carbocycles. The van der Waals surface area contributed by atoms with Gasteiger partial charge in [-0.2, -0.15) is 0 Å². The molecule has 1 unspecified atom stereocenters. The maximum atomic E-state index is 12.7. The summed E-state index contributed by atoms with van der Waals surface area (Å²) in [5, 5.41) is 6.46. The first-order chi connectivity index (χ1) is 13.9. The SMILES string of the molecule is CCNC(=NCc1ccc(C)cc1OC)NC(CC)CS(=O)(=O)c1ccccc1. The molecule has 2 rings (SSSR count). The van der Waals surface area contributed by atoms with Gasteiger partial charge in [0, 0.05) is 18.2 Å². The number of guanidine groups is 1. The molecule has 2 N–H and O–H groups in total. The van der Waals surface area contributed by atoms with Crippen LogP contribution in [0.1, 0.15) is 31.4 Å². The molecule has 29 heavy (non-hydrogen) atoms. The normalized spacial score (nSPS) is 13.0. The Kier molecular flexibility index (Phi) is 8.51. The van der Waals surface area contributed by atoms with Crippen LogP contribution >= 0.6 is 0 Å². The predicted octanol–water partition coefficient (Wildman–Crippen LogP) is 3.31. The number of methoxy groups -OCH3 is 1.